The Morgan fingerprint density at radius 1 is 1.25 bits per heavy atom. The molecule has 2 nitrogen and oxygen atoms in total. The van der Waals surface area contributed by atoms with Gasteiger partial charge in [-0.3, -0.25) is 4.79 Å². The number of carbonyl (C=O) groups excluding carboxylic acids is 1. The Hall–Kier alpha value is -0.530. The number of hydrogen-bond acceptors (Lipinski definition) is 2. The van der Waals surface area contributed by atoms with E-state index in [0.717, 1.165) is 31.1 Å². The molecular formula is C14H24O2. The molecule has 16 heavy (non-hydrogen) atoms. The molecule has 0 aromatic carbocycles. The fourth-order valence-electron chi connectivity index (χ4n) is 3.85. The van der Waals surface area contributed by atoms with Crippen molar-refractivity contribution >= 4 is 5.97 Å². The first kappa shape index (κ1) is 11.9. The zero-order chi connectivity index (χ0) is 11.6. The Morgan fingerprint density at radius 3 is 2.38 bits per heavy atom. The molecule has 2 fully saturated rings. The van der Waals surface area contributed by atoms with Crippen LogP contribution in [0.5, 0.6) is 0 Å². The largest absolute Gasteiger partial charge is 0.466 e. The van der Waals surface area contributed by atoms with Crippen molar-refractivity contribution in [3.63, 3.8) is 0 Å². The molecule has 2 bridgehead atoms. The first-order valence-corrected chi connectivity index (χ1v) is 6.87. The van der Waals surface area contributed by atoms with Crippen LogP contribution in [0.15, 0.2) is 0 Å². The molecule has 0 aromatic heterocycles. The van der Waals surface area contributed by atoms with Crippen LogP contribution in [-0.2, 0) is 9.53 Å². The summed E-state index contributed by atoms with van der Waals surface area (Å²) in [5.41, 5.74) is -0.135. The number of carbonyl (C=O) groups is 1. The van der Waals surface area contributed by atoms with Gasteiger partial charge in [0.05, 0.1) is 12.0 Å². The van der Waals surface area contributed by atoms with Gasteiger partial charge in [0.2, 0.25) is 0 Å². The molecule has 2 aliphatic rings. The van der Waals surface area contributed by atoms with Gasteiger partial charge in [-0.05, 0) is 44.4 Å². The van der Waals surface area contributed by atoms with Crippen LogP contribution in [0.4, 0.5) is 0 Å². The molecular weight excluding hydrogens is 200 g/mol. The second-order valence-corrected chi connectivity index (χ2v) is 5.66. The monoisotopic (exact) mass is 224 g/mol. The number of fused-ring (bicyclic) bond motifs is 2. The number of hydrogen-bond donors (Lipinski definition) is 0. The number of ether oxygens (including phenoxy) is 1. The first-order valence-electron chi connectivity index (χ1n) is 6.87. The predicted octanol–water partition coefficient (Wildman–Crippen LogP) is 3.55. The fourth-order valence-corrected chi connectivity index (χ4v) is 3.85. The standard InChI is InChI=1S/C14H24O2/c1-3-14(13(15)16-4-2)9-11-6-5-7-12(8-11)10-14/h11-12H,3-10H2,1-2H3. The Labute approximate surface area is 98.7 Å². The van der Waals surface area contributed by atoms with Crippen molar-refractivity contribution in [1.82, 2.24) is 0 Å². The highest BCUT2D eigenvalue weighted by Crippen LogP contribution is 2.50. The Kier molecular flexibility index (Phi) is 3.56. The highest BCUT2D eigenvalue weighted by atomic mass is 16.5. The van der Waals surface area contributed by atoms with E-state index >= 15 is 0 Å². The van der Waals surface area contributed by atoms with E-state index in [9.17, 15) is 4.79 Å². The minimum Gasteiger partial charge on any atom is -0.466 e. The van der Waals surface area contributed by atoms with Crippen molar-refractivity contribution in [3.05, 3.63) is 0 Å². The van der Waals surface area contributed by atoms with Crippen LogP contribution >= 0.6 is 0 Å². The number of esters is 1. The van der Waals surface area contributed by atoms with Gasteiger partial charge in [0.15, 0.2) is 0 Å². The van der Waals surface area contributed by atoms with E-state index in [1.807, 2.05) is 6.92 Å². The molecule has 0 N–H and O–H groups in total. The van der Waals surface area contributed by atoms with Crippen molar-refractivity contribution in [2.45, 2.75) is 58.8 Å². The highest BCUT2D eigenvalue weighted by molar-refractivity contribution is 5.77. The summed E-state index contributed by atoms with van der Waals surface area (Å²) in [4.78, 5) is 12.2. The van der Waals surface area contributed by atoms with Crippen molar-refractivity contribution in [1.29, 1.82) is 0 Å². The van der Waals surface area contributed by atoms with Gasteiger partial charge >= 0.3 is 5.97 Å². The smallest absolute Gasteiger partial charge is 0.312 e. The van der Waals surface area contributed by atoms with Gasteiger partial charge in [-0.2, -0.15) is 0 Å². The second kappa shape index (κ2) is 4.77. The molecule has 0 aromatic rings. The lowest BCUT2D eigenvalue weighted by atomic mass is 9.60. The SMILES string of the molecule is CCOC(=O)C1(CC)CC2CCCC(C2)C1. The van der Waals surface area contributed by atoms with Gasteiger partial charge in [0.1, 0.15) is 0 Å². The minimum atomic E-state index is -0.135. The summed E-state index contributed by atoms with van der Waals surface area (Å²) in [6.07, 6.45) is 8.52. The third kappa shape index (κ3) is 2.11. The van der Waals surface area contributed by atoms with Crippen LogP contribution in [0.1, 0.15) is 58.8 Å². The first-order chi connectivity index (χ1) is 7.70. The number of rotatable bonds is 3. The molecule has 0 heterocycles. The maximum absolute atomic E-state index is 12.2. The maximum Gasteiger partial charge on any atom is 0.312 e. The molecule has 2 aliphatic carbocycles. The molecule has 92 valence electrons. The van der Waals surface area contributed by atoms with Crippen LogP contribution in [-0.4, -0.2) is 12.6 Å². The van der Waals surface area contributed by atoms with Gasteiger partial charge in [-0.25, -0.2) is 0 Å². The molecule has 2 unspecified atom stereocenters. The minimum absolute atomic E-state index is 0.0779. The fraction of sp³-hybridized carbons (Fsp3) is 0.929. The Balaban J connectivity index is 2.11. The van der Waals surface area contributed by atoms with E-state index in [1.165, 1.54) is 25.7 Å². The molecule has 2 rings (SSSR count). The quantitative estimate of drug-likeness (QED) is 0.685. The lowest BCUT2D eigenvalue weighted by Gasteiger charge is -2.45. The third-order valence-electron chi connectivity index (χ3n) is 4.64. The summed E-state index contributed by atoms with van der Waals surface area (Å²) in [5.74, 6) is 1.66. The van der Waals surface area contributed by atoms with Crippen LogP contribution < -0.4 is 0 Å². The van der Waals surface area contributed by atoms with E-state index in [-0.39, 0.29) is 11.4 Å². The van der Waals surface area contributed by atoms with Crippen LogP contribution in [0.2, 0.25) is 0 Å². The van der Waals surface area contributed by atoms with Crippen LogP contribution in [0.3, 0.4) is 0 Å². The second-order valence-electron chi connectivity index (χ2n) is 5.66. The normalized spacial score (nSPS) is 38.1. The lowest BCUT2D eigenvalue weighted by Crippen LogP contribution is -2.42. The highest BCUT2D eigenvalue weighted by Gasteiger charge is 2.46. The van der Waals surface area contributed by atoms with Gasteiger partial charge in [-0.15, -0.1) is 0 Å². The zero-order valence-electron chi connectivity index (χ0n) is 10.6. The molecule has 0 spiro atoms. The third-order valence-corrected chi connectivity index (χ3v) is 4.64. The van der Waals surface area contributed by atoms with Crippen LogP contribution in [0.25, 0.3) is 0 Å². The summed E-state index contributed by atoms with van der Waals surface area (Å²) in [6, 6.07) is 0. The molecule has 0 aliphatic heterocycles. The van der Waals surface area contributed by atoms with E-state index in [4.69, 9.17) is 4.74 Å². The predicted molar refractivity (Wildman–Crippen MR) is 64.0 cm³/mol. The molecule has 0 saturated heterocycles. The zero-order valence-corrected chi connectivity index (χ0v) is 10.6. The Bertz CT molecular complexity index is 247. The lowest BCUT2D eigenvalue weighted by molar-refractivity contribution is -0.161. The maximum atomic E-state index is 12.2. The summed E-state index contributed by atoms with van der Waals surface area (Å²) in [6.45, 7) is 4.58. The van der Waals surface area contributed by atoms with Crippen LogP contribution in [0, 0.1) is 17.3 Å². The Morgan fingerprint density at radius 2 is 1.88 bits per heavy atom. The van der Waals surface area contributed by atoms with Gasteiger partial charge in [-0.1, -0.05) is 26.2 Å². The summed E-state index contributed by atoms with van der Waals surface area (Å²) >= 11 is 0. The van der Waals surface area contributed by atoms with E-state index in [1.54, 1.807) is 0 Å². The van der Waals surface area contributed by atoms with Crippen molar-refractivity contribution in [2.75, 3.05) is 6.61 Å². The van der Waals surface area contributed by atoms with Crippen molar-refractivity contribution < 1.29 is 9.53 Å². The van der Waals surface area contributed by atoms with Gasteiger partial charge in [0, 0.05) is 0 Å². The topological polar surface area (TPSA) is 26.3 Å². The molecule has 0 radical (unpaired) electrons. The van der Waals surface area contributed by atoms with Crippen molar-refractivity contribution in [3.8, 4) is 0 Å². The van der Waals surface area contributed by atoms with Crippen molar-refractivity contribution in [2.24, 2.45) is 17.3 Å². The summed E-state index contributed by atoms with van der Waals surface area (Å²) < 4.78 is 5.30. The molecule has 2 heteroatoms. The summed E-state index contributed by atoms with van der Waals surface area (Å²) in [5, 5.41) is 0. The summed E-state index contributed by atoms with van der Waals surface area (Å²) in [7, 11) is 0. The van der Waals surface area contributed by atoms with E-state index < -0.39 is 0 Å². The average molecular weight is 224 g/mol. The molecule has 2 saturated carbocycles. The molecule has 0 amide bonds. The molecule has 2 atom stereocenters. The van der Waals surface area contributed by atoms with Gasteiger partial charge < -0.3 is 4.74 Å². The van der Waals surface area contributed by atoms with Gasteiger partial charge in [0.25, 0.3) is 0 Å². The van der Waals surface area contributed by atoms with E-state index in [0.29, 0.717) is 6.61 Å². The average Bonchev–Trinajstić information content (AvgIpc) is 2.28. The van der Waals surface area contributed by atoms with E-state index in [2.05, 4.69) is 6.92 Å².